The molecular formula is C18H26N4OS. The molecular weight excluding hydrogens is 320 g/mol. The summed E-state index contributed by atoms with van der Waals surface area (Å²) in [6.45, 7) is 11.6. The van der Waals surface area contributed by atoms with E-state index in [1.165, 1.54) is 5.56 Å². The molecule has 0 spiro atoms. The van der Waals surface area contributed by atoms with Crippen LogP contribution in [0.15, 0.2) is 16.8 Å². The Labute approximate surface area is 147 Å². The molecule has 2 atom stereocenters. The summed E-state index contributed by atoms with van der Waals surface area (Å²) < 4.78 is 0. The molecule has 5 nitrogen and oxygen atoms in total. The van der Waals surface area contributed by atoms with E-state index in [1.807, 2.05) is 25.7 Å². The van der Waals surface area contributed by atoms with E-state index < -0.39 is 0 Å². The largest absolute Gasteiger partial charge is 0.340 e. The van der Waals surface area contributed by atoms with Gasteiger partial charge < -0.3 is 4.90 Å². The van der Waals surface area contributed by atoms with Gasteiger partial charge in [0.1, 0.15) is 0 Å². The number of rotatable bonds is 4. The average molecular weight is 347 g/mol. The molecule has 6 heteroatoms. The van der Waals surface area contributed by atoms with Crippen LogP contribution >= 0.6 is 11.3 Å². The fraction of sp³-hybridized carbons (Fsp3) is 0.556. The van der Waals surface area contributed by atoms with E-state index in [1.54, 1.807) is 11.3 Å². The van der Waals surface area contributed by atoms with E-state index in [0.717, 1.165) is 43.1 Å². The summed E-state index contributed by atoms with van der Waals surface area (Å²) in [4.78, 5) is 17.3. The van der Waals surface area contributed by atoms with Crippen LogP contribution in [0.5, 0.6) is 0 Å². The van der Waals surface area contributed by atoms with Crippen LogP contribution in [0.4, 0.5) is 0 Å². The predicted molar refractivity (Wildman–Crippen MR) is 97.4 cm³/mol. The van der Waals surface area contributed by atoms with Crippen LogP contribution in [0, 0.1) is 13.8 Å². The standard InChI is InChI=1S/C18H26N4OS/c1-12(17-13(2)19-20-14(17)3)18(23)22-8-6-21(7-9-22)15(4)16-5-10-24-11-16/h5,10-12,15H,6-9H2,1-4H3,(H,19,20)/t12-,15-/m0/s1. The second-order valence-electron chi connectivity index (χ2n) is 6.66. The van der Waals surface area contributed by atoms with Crippen LogP contribution in [0.25, 0.3) is 0 Å². The number of carbonyl (C=O) groups is 1. The normalized spacial score (nSPS) is 18.6. The Balaban J connectivity index is 1.61. The maximum absolute atomic E-state index is 12.9. The molecule has 2 aromatic rings. The number of aryl methyl sites for hydroxylation is 2. The number of nitrogens with one attached hydrogen (secondary N) is 1. The highest BCUT2D eigenvalue weighted by Crippen LogP contribution is 2.26. The van der Waals surface area contributed by atoms with Crippen LogP contribution in [-0.4, -0.2) is 52.1 Å². The molecule has 2 aromatic heterocycles. The number of thiophene rings is 1. The summed E-state index contributed by atoms with van der Waals surface area (Å²) in [5, 5.41) is 11.6. The Morgan fingerprint density at radius 2 is 1.96 bits per heavy atom. The first-order chi connectivity index (χ1) is 11.5. The maximum atomic E-state index is 12.9. The van der Waals surface area contributed by atoms with Crippen LogP contribution in [0.1, 0.15) is 48.3 Å². The van der Waals surface area contributed by atoms with Crippen LogP contribution in [0.2, 0.25) is 0 Å². The SMILES string of the molecule is Cc1n[nH]c(C)c1[C@H](C)C(=O)N1CCN([C@@H](C)c2ccsc2)CC1. The number of hydrogen-bond acceptors (Lipinski definition) is 4. The van der Waals surface area contributed by atoms with Crippen molar-refractivity contribution in [3.8, 4) is 0 Å². The lowest BCUT2D eigenvalue weighted by Gasteiger charge is -2.38. The fourth-order valence-electron chi connectivity index (χ4n) is 3.65. The average Bonchev–Trinajstić information content (AvgIpc) is 3.23. The van der Waals surface area contributed by atoms with Crippen LogP contribution in [0.3, 0.4) is 0 Å². The summed E-state index contributed by atoms with van der Waals surface area (Å²) in [6, 6.07) is 2.61. The summed E-state index contributed by atoms with van der Waals surface area (Å²) >= 11 is 1.74. The molecule has 0 unspecified atom stereocenters. The van der Waals surface area contributed by atoms with E-state index >= 15 is 0 Å². The maximum Gasteiger partial charge on any atom is 0.230 e. The second-order valence-corrected chi connectivity index (χ2v) is 7.44. The molecule has 1 N–H and O–H groups in total. The smallest absolute Gasteiger partial charge is 0.230 e. The summed E-state index contributed by atoms with van der Waals surface area (Å²) in [5.41, 5.74) is 4.35. The first-order valence-corrected chi connectivity index (χ1v) is 9.49. The minimum Gasteiger partial charge on any atom is -0.340 e. The lowest BCUT2D eigenvalue weighted by atomic mass is 9.97. The van der Waals surface area contributed by atoms with Gasteiger partial charge in [0.05, 0.1) is 11.6 Å². The third-order valence-corrected chi connectivity index (χ3v) is 5.89. The zero-order valence-corrected chi connectivity index (χ0v) is 15.7. The van der Waals surface area contributed by atoms with Gasteiger partial charge in [-0.15, -0.1) is 0 Å². The van der Waals surface area contributed by atoms with Crippen LogP contribution in [-0.2, 0) is 4.79 Å². The van der Waals surface area contributed by atoms with Crippen molar-refractivity contribution in [3.05, 3.63) is 39.3 Å². The molecule has 0 radical (unpaired) electrons. The Kier molecular flexibility index (Phi) is 5.06. The van der Waals surface area contributed by atoms with Gasteiger partial charge in [0, 0.05) is 43.5 Å². The topological polar surface area (TPSA) is 52.2 Å². The van der Waals surface area contributed by atoms with Gasteiger partial charge in [-0.1, -0.05) is 0 Å². The molecule has 1 aliphatic heterocycles. The van der Waals surface area contributed by atoms with Crippen molar-refractivity contribution in [2.24, 2.45) is 0 Å². The molecule has 3 heterocycles. The quantitative estimate of drug-likeness (QED) is 0.925. The number of aromatic nitrogens is 2. The van der Waals surface area contributed by atoms with Crippen LogP contribution < -0.4 is 0 Å². The lowest BCUT2D eigenvalue weighted by Crippen LogP contribution is -2.50. The lowest BCUT2D eigenvalue weighted by molar-refractivity contribution is -0.134. The van der Waals surface area contributed by atoms with E-state index in [0.29, 0.717) is 6.04 Å². The van der Waals surface area contributed by atoms with Gasteiger partial charge in [-0.3, -0.25) is 14.8 Å². The molecule has 0 saturated carbocycles. The highest BCUT2D eigenvalue weighted by atomic mass is 32.1. The van der Waals surface area contributed by atoms with Gasteiger partial charge in [0.2, 0.25) is 5.91 Å². The summed E-state index contributed by atoms with van der Waals surface area (Å²) in [6.07, 6.45) is 0. The minimum absolute atomic E-state index is 0.135. The van der Waals surface area contributed by atoms with E-state index in [9.17, 15) is 4.79 Å². The van der Waals surface area contributed by atoms with Crippen molar-refractivity contribution in [3.63, 3.8) is 0 Å². The van der Waals surface area contributed by atoms with Crippen molar-refractivity contribution in [2.45, 2.75) is 39.7 Å². The van der Waals surface area contributed by atoms with Crippen molar-refractivity contribution in [1.29, 1.82) is 0 Å². The van der Waals surface area contributed by atoms with Gasteiger partial charge in [-0.2, -0.15) is 16.4 Å². The van der Waals surface area contributed by atoms with Crippen molar-refractivity contribution in [1.82, 2.24) is 20.0 Å². The highest BCUT2D eigenvalue weighted by molar-refractivity contribution is 7.07. The molecule has 1 amide bonds. The van der Waals surface area contributed by atoms with E-state index in [-0.39, 0.29) is 11.8 Å². The Hall–Kier alpha value is -1.66. The highest BCUT2D eigenvalue weighted by Gasteiger charge is 2.29. The van der Waals surface area contributed by atoms with Crippen molar-refractivity contribution in [2.75, 3.05) is 26.2 Å². The predicted octanol–water partition coefficient (Wildman–Crippen LogP) is 3.10. The molecule has 130 valence electrons. The monoisotopic (exact) mass is 346 g/mol. The number of carbonyl (C=O) groups excluding carboxylic acids is 1. The molecule has 3 rings (SSSR count). The van der Waals surface area contributed by atoms with Crippen molar-refractivity contribution >= 4 is 17.2 Å². The zero-order chi connectivity index (χ0) is 17.3. The third-order valence-electron chi connectivity index (χ3n) is 5.19. The number of aromatic amines is 1. The molecule has 0 aromatic carbocycles. The number of piperazine rings is 1. The molecule has 24 heavy (non-hydrogen) atoms. The number of H-pyrrole nitrogens is 1. The van der Waals surface area contributed by atoms with E-state index in [2.05, 4.69) is 38.8 Å². The zero-order valence-electron chi connectivity index (χ0n) is 14.9. The minimum atomic E-state index is -0.135. The molecule has 0 aliphatic carbocycles. The second kappa shape index (κ2) is 7.07. The number of hydrogen-bond donors (Lipinski definition) is 1. The molecule has 0 bridgehead atoms. The summed E-state index contributed by atoms with van der Waals surface area (Å²) in [5.74, 6) is 0.0787. The first-order valence-electron chi connectivity index (χ1n) is 8.55. The Bertz CT molecular complexity index is 666. The summed E-state index contributed by atoms with van der Waals surface area (Å²) in [7, 11) is 0. The molecule has 1 fully saturated rings. The first kappa shape index (κ1) is 17.2. The van der Waals surface area contributed by atoms with E-state index in [4.69, 9.17) is 0 Å². The number of nitrogens with zero attached hydrogens (tertiary/aromatic N) is 3. The van der Waals surface area contributed by atoms with Gasteiger partial charge in [-0.05, 0) is 50.1 Å². The third kappa shape index (κ3) is 3.26. The Morgan fingerprint density at radius 3 is 2.50 bits per heavy atom. The van der Waals surface area contributed by atoms with Gasteiger partial charge >= 0.3 is 0 Å². The van der Waals surface area contributed by atoms with Crippen molar-refractivity contribution < 1.29 is 4.79 Å². The van der Waals surface area contributed by atoms with Gasteiger partial charge in [0.15, 0.2) is 0 Å². The Morgan fingerprint density at radius 1 is 1.25 bits per heavy atom. The fourth-order valence-corrected chi connectivity index (χ4v) is 4.39. The van der Waals surface area contributed by atoms with Gasteiger partial charge in [-0.25, -0.2) is 0 Å². The molecule has 1 aliphatic rings. The molecule has 1 saturated heterocycles. The number of amides is 1. The van der Waals surface area contributed by atoms with Gasteiger partial charge in [0.25, 0.3) is 0 Å².